The van der Waals surface area contributed by atoms with Gasteiger partial charge >= 0.3 is 0 Å². The number of nitrogens with zero attached hydrogens (tertiary/aromatic N) is 2. The van der Waals surface area contributed by atoms with Crippen LogP contribution in [0.1, 0.15) is 17.7 Å². The molecule has 1 aliphatic rings. The minimum atomic E-state index is -0.279. The summed E-state index contributed by atoms with van der Waals surface area (Å²) in [4.78, 5) is 29.7. The van der Waals surface area contributed by atoms with E-state index in [1.807, 2.05) is 23.6 Å². The largest absolute Gasteiger partial charge is 0.345 e. The van der Waals surface area contributed by atoms with Crippen LogP contribution in [0.25, 0.3) is 0 Å². The van der Waals surface area contributed by atoms with E-state index in [2.05, 4.69) is 22.4 Å². The zero-order chi connectivity index (χ0) is 15.5. The van der Waals surface area contributed by atoms with Crippen LogP contribution >= 0.6 is 11.3 Å². The molecule has 0 spiro atoms. The normalized spacial score (nSPS) is 17.8. The van der Waals surface area contributed by atoms with Crippen molar-refractivity contribution in [3.8, 4) is 0 Å². The fourth-order valence-electron chi connectivity index (χ4n) is 2.50. The number of hydrogen-bond acceptors (Lipinski definition) is 4. The molecule has 0 bridgehead atoms. The first-order valence-electron chi connectivity index (χ1n) is 7.15. The Labute approximate surface area is 133 Å². The Hall–Kier alpha value is -2.21. The highest BCUT2D eigenvalue weighted by atomic mass is 32.1. The average Bonchev–Trinajstić information content (AvgIpc) is 3.07. The third kappa shape index (κ3) is 3.33. The van der Waals surface area contributed by atoms with Gasteiger partial charge in [-0.25, -0.2) is 4.98 Å². The van der Waals surface area contributed by atoms with Crippen molar-refractivity contribution in [2.45, 2.75) is 12.8 Å². The number of hydrogen-bond donors (Lipinski definition) is 1. The molecule has 6 heteroatoms. The highest BCUT2D eigenvalue weighted by Gasteiger charge is 2.32. The first kappa shape index (κ1) is 14.7. The van der Waals surface area contributed by atoms with Crippen LogP contribution in [0.5, 0.6) is 0 Å². The number of nitrogens with one attached hydrogen (secondary N) is 1. The van der Waals surface area contributed by atoms with Crippen molar-refractivity contribution in [3.63, 3.8) is 0 Å². The standard InChI is InChI=1S/C16H17N3O2S/c1-19-9-12(8-14(19)20)15(21)18-16-17-13(10-22-16)7-11-5-3-2-4-6-11/h2-6,10,12H,7-9H2,1H3,(H,17,18,21)/t12-/m1/s1. The fraction of sp³-hybridized carbons (Fsp3) is 0.312. The summed E-state index contributed by atoms with van der Waals surface area (Å²) in [6, 6.07) is 10.1. The van der Waals surface area contributed by atoms with Crippen LogP contribution in [-0.2, 0) is 16.0 Å². The third-order valence-corrected chi connectivity index (χ3v) is 4.53. The molecule has 114 valence electrons. The second-order valence-electron chi connectivity index (χ2n) is 5.47. The molecule has 5 nitrogen and oxygen atoms in total. The van der Waals surface area contributed by atoms with Crippen LogP contribution in [0.15, 0.2) is 35.7 Å². The van der Waals surface area contributed by atoms with Gasteiger partial charge in [0.05, 0.1) is 11.6 Å². The molecule has 1 N–H and O–H groups in total. The van der Waals surface area contributed by atoms with Crippen molar-refractivity contribution in [2.75, 3.05) is 18.9 Å². The van der Waals surface area contributed by atoms with Crippen LogP contribution in [0.4, 0.5) is 5.13 Å². The molecule has 1 aromatic heterocycles. The highest BCUT2D eigenvalue weighted by molar-refractivity contribution is 7.13. The van der Waals surface area contributed by atoms with Crippen LogP contribution in [-0.4, -0.2) is 35.3 Å². The van der Waals surface area contributed by atoms with E-state index in [-0.39, 0.29) is 24.2 Å². The number of aromatic nitrogens is 1. The molecule has 2 aromatic rings. The number of anilines is 1. The Bertz CT molecular complexity index is 684. The van der Waals surface area contributed by atoms with Crippen molar-refractivity contribution in [1.29, 1.82) is 0 Å². The SMILES string of the molecule is CN1C[C@H](C(=O)Nc2nc(Cc3ccccc3)cs2)CC1=O. The van der Waals surface area contributed by atoms with Crippen molar-refractivity contribution in [2.24, 2.45) is 5.92 Å². The molecular formula is C16H17N3O2S. The zero-order valence-corrected chi connectivity index (χ0v) is 13.1. The molecule has 0 aliphatic carbocycles. The molecular weight excluding hydrogens is 298 g/mol. The highest BCUT2D eigenvalue weighted by Crippen LogP contribution is 2.21. The molecule has 0 saturated carbocycles. The summed E-state index contributed by atoms with van der Waals surface area (Å²) in [5.74, 6) is -0.388. The van der Waals surface area contributed by atoms with E-state index in [0.717, 1.165) is 12.1 Å². The predicted molar refractivity (Wildman–Crippen MR) is 85.7 cm³/mol. The average molecular weight is 315 g/mol. The van der Waals surface area contributed by atoms with E-state index in [4.69, 9.17) is 0 Å². The Kier molecular flexibility index (Phi) is 4.20. The second kappa shape index (κ2) is 6.27. The lowest BCUT2D eigenvalue weighted by Gasteiger charge is -2.09. The summed E-state index contributed by atoms with van der Waals surface area (Å²) >= 11 is 1.42. The maximum absolute atomic E-state index is 12.2. The van der Waals surface area contributed by atoms with Crippen molar-refractivity contribution >= 4 is 28.3 Å². The van der Waals surface area contributed by atoms with Gasteiger partial charge in [0.25, 0.3) is 0 Å². The maximum atomic E-state index is 12.2. The molecule has 2 amide bonds. The number of amides is 2. The van der Waals surface area contributed by atoms with Crippen LogP contribution < -0.4 is 5.32 Å². The molecule has 0 radical (unpaired) electrons. The number of carbonyl (C=O) groups is 2. The molecule has 2 heterocycles. The first-order valence-corrected chi connectivity index (χ1v) is 8.03. The number of likely N-dealkylation sites (tertiary alicyclic amines) is 1. The van der Waals surface area contributed by atoms with Gasteiger partial charge in [-0.3, -0.25) is 9.59 Å². The van der Waals surface area contributed by atoms with E-state index in [9.17, 15) is 9.59 Å². The van der Waals surface area contributed by atoms with Crippen molar-refractivity contribution in [3.05, 3.63) is 47.0 Å². The summed E-state index contributed by atoms with van der Waals surface area (Å²) in [7, 11) is 1.72. The number of rotatable bonds is 4. The third-order valence-electron chi connectivity index (χ3n) is 3.72. The molecule has 1 aliphatic heterocycles. The van der Waals surface area contributed by atoms with E-state index < -0.39 is 0 Å². The Morgan fingerprint density at radius 3 is 2.86 bits per heavy atom. The predicted octanol–water partition coefficient (Wildman–Crippen LogP) is 2.15. The Balaban J connectivity index is 1.60. The van der Waals surface area contributed by atoms with Gasteiger partial charge in [0, 0.05) is 31.8 Å². The van der Waals surface area contributed by atoms with Gasteiger partial charge < -0.3 is 10.2 Å². The van der Waals surface area contributed by atoms with Crippen molar-refractivity contribution < 1.29 is 9.59 Å². The molecule has 22 heavy (non-hydrogen) atoms. The summed E-state index contributed by atoms with van der Waals surface area (Å²) in [5.41, 5.74) is 2.12. The molecule has 1 aromatic carbocycles. The van der Waals surface area contributed by atoms with Gasteiger partial charge in [-0.1, -0.05) is 30.3 Å². The van der Waals surface area contributed by atoms with Gasteiger partial charge in [0.15, 0.2) is 5.13 Å². The van der Waals surface area contributed by atoms with Crippen LogP contribution in [0, 0.1) is 5.92 Å². The van der Waals surface area contributed by atoms with Gasteiger partial charge in [-0.2, -0.15) is 0 Å². The molecule has 1 saturated heterocycles. The second-order valence-corrected chi connectivity index (χ2v) is 6.33. The topological polar surface area (TPSA) is 62.3 Å². The Morgan fingerprint density at radius 1 is 1.41 bits per heavy atom. The molecule has 0 unspecified atom stereocenters. The van der Waals surface area contributed by atoms with E-state index in [1.54, 1.807) is 11.9 Å². The fourth-order valence-corrected chi connectivity index (χ4v) is 3.21. The van der Waals surface area contributed by atoms with Gasteiger partial charge in [-0.05, 0) is 5.56 Å². The minimum Gasteiger partial charge on any atom is -0.345 e. The molecule has 1 fully saturated rings. The first-order chi connectivity index (χ1) is 10.6. The summed E-state index contributed by atoms with van der Waals surface area (Å²) < 4.78 is 0. The number of benzene rings is 1. The Morgan fingerprint density at radius 2 is 2.18 bits per heavy atom. The molecule has 3 rings (SSSR count). The van der Waals surface area contributed by atoms with Crippen LogP contribution in [0.3, 0.4) is 0 Å². The van der Waals surface area contributed by atoms with Crippen LogP contribution in [0.2, 0.25) is 0 Å². The monoisotopic (exact) mass is 315 g/mol. The van der Waals surface area contributed by atoms with E-state index in [0.29, 0.717) is 11.7 Å². The summed E-state index contributed by atoms with van der Waals surface area (Å²) in [5, 5.41) is 5.37. The maximum Gasteiger partial charge on any atom is 0.231 e. The molecule has 1 atom stereocenters. The summed E-state index contributed by atoms with van der Waals surface area (Å²) in [6.07, 6.45) is 1.03. The van der Waals surface area contributed by atoms with Crippen molar-refractivity contribution in [1.82, 2.24) is 9.88 Å². The number of thiazole rings is 1. The lowest BCUT2D eigenvalue weighted by Crippen LogP contribution is -2.25. The van der Waals surface area contributed by atoms with Gasteiger partial charge in [0.1, 0.15) is 0 Å². The van der Waals surface area contributed by atoms with Gasteiger partial charge in [0.2, 0.25) is 11.8 Å². The smallest absolute Gasteiger partial charge is 0.231 e. The lowest BCUT2D eigenvalue weighted by molar-refractivity contribution is -0.127. The van der Waals surface area contributed by atoms with Gasteiger partial charge in [-0.15, -0.1) is 11.3 Å². The van der Waals surface area contributed by atoms with E-state index in [1.165, 1.54) is 16.9 Å². The zero-order valence-electron chi connectivity index (χ0n) is 12.3. The quantitative estimate of drug-likeness (QED) is 0.940. The summed E-state index contributed by atoms with van der Waals surface area (Å²) in [6.45, 7) is 0.479. The minimum absolute atomic E-state index is 0.0176. The number of carbonyl (C=O) groups excluding carboxylic acids is 2. The van der Waals surface area contributed by atoms with E-state index >= 15 is 0 Å². The lowest BCUT2D eigenvalue weighted by atomic mass is 10.1.